The van der Waals surface area contributed by atoms with Gasteiger partial charge in [-0.3, -0.25) is 9.59 Å². The van der Waals surface area contributed by atoms with Crippen molar-refractivity contribution < 1.29 is 9.59 Å². The third-order valence-corrected chi connectivity index (χ3v) is 3.59. The number of pyridine rings is 1. The van der Waals surface area contributed by atoms with Gasteiger partial charge in [0.05, 0.1) is 11.3 Å². The van der Waals surface area contributed by atoms with Crippen LogP contribution in [0.1, 0.15) is 23.0 Å². The molecule has 19 heavy (non-hydrogen) atoms. The van der Waals surface area contributed by atoms with E-state index in [-0.39, 0.29) is 17.0 Å². The fraction of sp³-hybridized carbons (Fsp3) is 0.417. The monoisotopic (exact) mass is 347 g/mol. The Kier molecular flexibility index (Phi) is 5.75. The maximum atomic E-state index is 12.2. The molecule has 0 aliphatic heterocycles. The third kappa shape index (κ3) is 4.47. The second-order valence-electron chi connectivity index (χ2n) is 4.10. The summed E-state index contributed by atoms with van der Waals surface area (Å²) in [5, 5.41) is 2.81. The van der Waals surface area contributed by atoms with Crippen LogP contribution < -0.4 is 5.32 Å². The van der Waals surface area contributed by atoms with Crippen LogP contribution in [0.2, 0.25) is 5.15 Å². The molecule has 0 aliphatic rings. The second kappa shape index (κ2) is 6.86. The summed E-state index contributed by atoms with van der Waals surface area (Å²) in [7, 11) is 1.65. The predicted octanol–water partition coefficient (Wildman–Crippen LogP) is 2.01. The first-order valence-electron chi connectivity index (χ1n) is 5.65. The Morgan fingerprint density at radius 1 is 1.53 bits per heavy atom. The molecule has 1 aromatic rings. The number of carbonyl (C=O) groups excluding carboxylic acids is 2. The standard InChI is InChI=1S/C12H15BrClN3O2/c1-7-10(13)6-9(11(14)16-7)12(19)17(3)5-4-15-8(2)18/h6H,4-5H2,1-3H3,(H,15,18). The first-order valence-corrected chi connectivity index (χ1v) is 6.82. The van der Waals surface area contributed by atoms with E-state index in [1.54, 1.807) is 20.0 Å². The van der Waals surface area contributed by atoms with E-state index in [0.717, 1.165) is 10.2 Å². The average molecular weight is 349 g/mol. The van der Waals surface area contributed by atoms with Crippen LogP contribution in [0, 0.1) is 6.92 Å². The molecule has 0 saturated heterocycles. The normalized spacial score (nSPS) is 10.2. The van der Waals surface area contributed by atoms with E-state index in [1.165, 1.54) is 11.8 Å². The van der Waals surface area contributed by atoms with Crippen molar-refractivity contribution in [2.24, 2.45) is 0 Å². The Bertz CT molecular complexity index is 508. The summed E-state index contributed by atoms with van der Waals surface area (Å²) >= 11 is 9.30. The van der Waals surface area contributed by atoms with Crippen molar-refractivity contribution in [3.05, 3.63) is 26.9 Å². The topological polar surface area (TPSA) is 62.3 Å². The number of halogens is 2. The van der Waals surface area contributed by atoms with Gasteiger partial charge in [0.2, 0.25) is 5.91 Å². The van der Waals surface area contributed by atoms with Gasteiger partial charge in [-0.05, 0) is 28.9 Å². The van der Waals surface area contributed by atoms with Crippen LogP contribution in [0.3, 0.4) is 0 Å². The van der Waals surface area contributed by atoms with E-state index in [4.69, 9.17) is 11.6 Å². The lowest BCUT2D eigenvalue weighted by Crippen LogP contribution is -2.35. The molecule has 0 unspecified atom stereocenters. The van der Waals surface area contributed by atoms with Crippen molar-refractivity contribution in [2.75, 3.05) is 20.1 Å². The highest BCUT2D eigenvalue weighted by Crippen LogP contribution is 2.22. The van der Waals surface area contributed by atoms with Crippen LogP contribution >= 0.6 is 27.5 Å². The number of nitrogens with one attached hydrogen (secondary N) is 1. The number of aromatic nitrogens is 1. The highest BCUT2D eigenvalue weighted by Gasteiger charge is 2.17. The predicted molar refractivity (Wildman–Crippen MR) is 77.3 cm³/mol. The van der Waals surface area contributed by atoms with E-state index >= 15 is 0 Å². The molecule has 1 rings (SSSR count). The van der Waals surface area contributed by atoms with E-state index in [1.807, 2.05) is 0 Å². The van der Waals surface area contributed by atoms with Crippen molar-refractivity contribution in [1.29, 1.82) is 0 Å². The third-order valence-electron chi connectivity index (χ3n) is 2.50. The summed E-state index contributed by atoms with van der Waals surface area (Å²) < 4.78 is 0.732. The average Bonchev–Trinajstić information content (AvgIpc) is 2.32. The van der Waals surface area contributed by atoms with E-state index in [2.05, 4.69) is 26.2 Å². The number of amides is 2. The van der Waals surface area contributed by atoms with E-state index in [9.17, 15) is 9.59 Å². The summed E-state index contributed by atoms with van der Waals surface area (Å²) in [6.07, 6.45) is 0. The number of carbonyl (C=O) groups is 2. The van der Waals surface area contributed by atoms with Crippen LogP contribution in [-0.2, 0) is 4.79 Å². The van der Waals surface area contributed by atoms with Crippen LogP contribution in [0.15, 0.2) is 10.5 Å². The minimum atomic E-state index is -0.233. The van der Waals surface area contributed by atoms with Gasteiger partial charge in [0.25, 0.3) is 5.91 Å². The van der Waals surface area contributed by atoms with Gasteiger partial charge in [0.15, 0.2) is 0 Å². The summed E-state index contributed by atoms with van der Waals surface area (Å²) in [6.45, 7) is 4.03. The van der Waals surface area contributed by atoms with E-state index < -0.39 is 0 Å². The number of hydrogen-bond donors (Lipinski definition) is 1. The van der Waals surface area contributed by atoms with Crippen molar-refractivity contribution in [2.45, 2.75) is 13.8 Å². The second-order valence-corrected chi connectivity index (χ2v) is 5.32. The SMILES string of the molecule is CC(=O)NCCN(C)C(=O)c1cc(Br)c(C)nc1Cl. The lowest BCUT2D eigenvalue weighted by atomic mass is 10.2. The zero-order chi connectivity index (χ0) is 14.6. The van der Waals surface area contributed by atoms with Gasteiger partial charge in [0.1, 0.15) is 5.15 Å². The maximum absolute atomic E-state index is 12.2. The molecule has 0 bridgehead atoms. The molecule has 0 saturated carbocycles. The van der Waals surface area contributed by atoms with Gasteiger partial charge in [-0.15, -0.1) is 0 Å². The Balaban J connectivity index is 2.77. The first kappa shape index (κ1) is 15.9. The van der Waals surface area contributed by atoms with Gasteiger partial charge >= 0.3 is 0 Å². The molecule has 0 aromatic carbocycles. The van der Waals surface area contributed by atoms with Gasteiger partial charge in [0, 0.05) is 31.5 Å². The van der Waals surface area contributed by atoms with Crippen LogP contribution in [0.25, 0.3) is 0 Å². The lowest BCUT2D eigenvalue weighted by molar-refractivity contribution is -0.118. The summed E-state index contributed by atoms with van der Waals surface area (Å²) in [5.41, 5.74) is 1.06. The summed E-state index contributed by atoms with van der Waals surface area (Å²) in [5.74, 6) is -0.359. The van der Waals surface area contributed by atoms with E-state index in [0.29, 0.717) is 18.7 Å². The van der Waals surface area contributed by atoms with Gasteiger partial charge in [-0.25, -0.2) is 4.98 Å². The molecular weight excluding hydrogens is 334 g/mol. The fourth-order valence-corrected chi connectivity index (χ4v) is 1.99. The highest BCUT2D eigenvalue weighted by atomic mass is 79.9. The Hall–Kier alpha value is -1.14. The van der Waals surface area contributed by atoms with Gasteiger partial charge in [-0.2, -0.15) is 0 Å². The van der Waals surface area contributed by atoms with Gasteiger partial charge in [-0.1, -0.05) is 11.6 Å². The quantitative estimate of drug-likeness (QED) is 0.847. The Morgan fingerprint density at radius 3 is 2.74 bits per heavy atom. The van der Waals surface area contributed by atoms with Crippen LogP contribution in [0.5, 0.6) is 0 Å². The molecule has 7 heteroatoms. The molecule has 1 N–H and O–H groups in total. The molecule has 0 spiro atoms. The molecule has 1 aromatic heterocycles. The number of nitrogens with zero attached hydrogens (tertiary/aromatic N) is 2. The molecule has 0 fully saturated rings. The number of rotatable bonds is 4. The number of hydrogen-bond acceptors (Lipinski definition) is 3. The largest absolute Gasteiger partial charge is 0.355 e. The number of likely N-dealkylation sites (N-methyl/N-ethyl adjacent to an activating group) is 1. The van der Waals surface area contributed by atoms with Gasteiger partial charge < -0.3 is 10.2 Å². The van der Waals surface area contributed by atoms with Crippen LogP contribution in [0.4, 0.5) is 0 Å². The molecule has 0 radical (unpaired) electrons. The first-order chi connectivity index (χ1) is 8.82. The maximum Gasteiger partial charge on any atom is 0.256 e. The molecule has 2 amide bonds. The highest BCUT2D eigenvalue weighted by molar-refractivity contribution is 9.10. The Labute approximate surface area is 125 Å². The van der Waals surface area contributed by atoms with Crippen LogP contribution in [-0.4, -0.2) is 41.8 Å². The molecule has 0 aliphatic carbocycles. The molecule has 104 valence electrons. The molecule has 5 nitrogen and oxygen atoms in total. The Morgan fingerprint density at radius 2 is 2.16 bits per heavy atom. The zero-order valence-electron chi connectivity index (χ0n) is 11.0. The minimum Gasteiger partial charge on any atom is -0.355 e. The minimum absolute atomic E-state index is 0.126. The molecular formula is C12H15BrClN3O2. The molecule has 1 heterocycles. The van der Waals surface area contributed by atoms with Crippen molar-refractivity contribution >= 4 is 39.3 Å². The zero-order valence-corrected chi connectivity index (χ0v) is 13.3. The fourth-order valence-electron chi connectivity index (χ4n) is 1.41. The van der Waals surface area contributed by atoms with Crippen molar-refractivity contribution in [3.63, 3.8) is 0 Å². The number of aryl methyl sites for hydroxylation is 1. The smallest absolute Gasteiger partial charge is 0.256 e. The molecule has 0 atom stereocenters. The van der Waals surface area contributed by atoms with Crippen molar-refractivity contribution in [1.82, 2.24) is 15.2 Å². The van der Waals surface area contributed by atoms with Crippen molar-refractivity contribution in [3.8, 4) is 0 Å². The lowest BCUT2D eigenvalue weighted by Gasteiger charge is -2.18. The summed E-state index contributed by atoms with van der Waals surface area (Å²) in [4.78, 5) is 28.5. The summed E-state index contributed by atoms with van der Waals surface area (Å²) in [6, 6.07) is 1.65.